The summed E-state index contributed by atoms with van der Waals surface area (Å²) in [4.78, 5) is 13.0. The van der Waals surface area contributed by atoms with Crippen molar-refractivity contribution in [2.24, 2.45) is 9.50 Å². The van der Waals surface area contributed by atoms with E-state index in [9.17, 15) is 14.1 Å². The summed E-state index contributed by atoms with van der Waals surface area (Å²) < 4.78 is 29.4. The van der Waals surface area contributed by atoms with Crippen LogP contribution >= 0.6 is 0 Å². The maximum atomic E-state index is 13.2. The van der Waals surface area contributed by atoms with Crippen molar-refractivity contribution in [3.63, 3.8) is 0 Å². The molecular formula is C21H27N5O5S. The summed E-state index contributed by atoms with van der Waals surface area (Å²) in [6.07, 6.45) is 5.61. The Balaban J connectivity index is 1.48. The van der Waals surface area contributed by atoms with Gasteiger partial charge in [0.05, 0.1) is 26.0 Å². The maximum absolute atomic E-state index is 13.2. The van der Waals surface area contributed by atoms with E-state index in [2.05, 4.69) is 20.8 Å². The van der Waals surface area contributed by atoms with Crippen molar-refractivity contribution in [2.45, 2.75) is 55.6 Å². The van der Waals surface area contributed by atoms with Crippen molar-refractivity contribution in [2.75, 3.05) is 25.6 Å². The molecule has 32 heavy (non-hydrogen) atoms. The highest BCUT2D eigenvalue weighted by Crippen LogP contribution is 2.44. The highest BCUT2D eigenvalue weighted by molar-refractivity contribution is 7.91. The summed E-state index contributed by atoms with van der Waals surface area (Å²) >= 11 is 0. The third-order valence-electron chi connectivity index (χ3n) is 6.45. The quantitative estimate of drug-likeness (QED) is 0.619. The molecule has 2 aliphatic carbocycles. The highest BCUT2D eigenvalue weighted by atomic mass is 32.2. The van der Waals surface area contributed by atoms with E-state index in [1.54, 1.807) is 7.11 Å². The first-order valence-corrected chi connectivity index (χ1v) is 12.3. The number of carbonyl (C=O) groups is 1. The second-order valence-corrected chi connectivity index (χ2v) is 10.3. The van der Waals surface area contributed by atoms with E-state index < -0.39 is 22.1 Å². The van der Waals surface area contributed by atoms with Crippen LogP contribution in [0.2, 0.25) is 0 Å². The van der Waals surface area contributed by atoms with Gasteiger partial charge in [-0.2, -0.15) is 5.10 Å². The number of aromatic nitrogens is 2. The molecule has 2 heterocycles. The summed E-state index contributed by atoms with van der Waals surface area (Å²) in [6.45, 7) is 0.682. The Labute approximate surface area is 186 Å². The molecule has 11 heteroatoms. The van der Waals surface area contributed by atoms with Crippen LogP contribution in [0.25, 0.3) is 0 Å². The molecule has 1 aliphatic heterocycles. The molecule has 1 unspecified atom stereocenters. The first-order chi connectivity index (χ1) is 15.4. The molecular weight excluding hydrogens is 434 g/mol. The molecule has 0 radical (unpaired) electrons. The van der Waals surface area contributed by atoms with Gasteiger partial charge in [0.15, 0.2) is 9.92 Å². The highest BCUT2D eigenvalue weighted by Gasteiger charge is 2.32. The van der Waals surface area contributed by atoms with Crippen LogP contribution in [-0.2, 0) is 40.5 Å². The number of aryl methyl sites for hydroxylation is 2. The average molecular weight is 462 g/mol. The molecule has 0 saturated heterocycles. The lowest BCUT2D eigenvalue weighted by atomic mass is 9.94. The Morgan fingerprint density at radius 2 is 2.28 bits per heavy atom. The number of methoxy groups -OCH3 is 1. The standard InChI is InChI=1S/C21H27N5O5S/c1-30-11-14-6-5-13-7-12-3-2-4-16(12)19(18(13)14)24-21(28)25-32(22,29)17-8-23-26-9-15(10-27)31-20(17)26/h7-8,14-15,27H,2-6,9-11H2,1H3,(H3,22,24,25,28,29)/t14-,15-,32?/m1/s1. The number of hydrogen-bond donors (Lipinski definition) is 3. The van der Waals surface area contributed by atoms with Gasteiger partial charge >= 0.3 is 6.03 Å². The minimum absolute atomic E-state index is 0.0457. The van der Waals surface area contributed by atoms with Crippen molar-refractivity contribution >= 4 is 21.6 Å². The van der Waals surface area contributed by atoms with E-state index in [1.165, 1.54) is 22.0 Å². The number of aliphatic hydroxyl groups is 1. The van der Waals surface area contributed by atoms with Crippen LogP contribution in [-0.4, -0.2) is 51.6 Å². The van der Waals surface area contributed by atoms with Crippen LogP contribution in [0.3, 0.4) is 0 Å². The Kier molecular flexibility index (Phi) is 5.44. The van der Waals surface area contributed by atoms with Crippen molar-refractivity contribution in [1.82, 2.24) is 9.78 Å². The van der Waals surface area contributed by atoms with E-state index in [0.717, 1.165) is 48.9 Å². The second-order valence-electron chi connectivity index (χ2n) is 8.52. The number of amides is 2. The molecule has 2 aromatic rings. The fraction of sp³-hybridized carbons (Fsp3) is 0.524. The Hall–Kier alpha value is -2.47. The number of nitrogens with two attached hydrogens (primary N) is 1. The monoisotopic (exact) mass is 461 g/mol. The molecule has 10 nitrogen and oxygen atoms in total. The number of hydrogen-bond acceptors (Lipinski definition) is 6. The fourth-order valence-electron chi connectivity index (χ4n) is 5.07. The van der Waals surface area contributed by atoms with Gasteiger partial charge in [-0.05, 0) is 54.4 Å². The Morgan fingerprint density at radius 1 is 1.44 bits per heavy atom. The van der Waals surface area contributed by atoms with Gasteiger partial charge in [0, 0.05) is 18.7 Å². The van der Waals surface area contributed by atoms with E-state index in [0.29, 0.717) is 13.2 Å². The lowest BCUT2D eigenvalue weighted by Crippen LogP contribution is -2.21. The van der Waals surface area contributed by atoms with E-state index in [1.807, 2.05) is 0 Å². The normalized spacial score (nSPS) is 22.6. The van der Waals surface area contributed by atoms with Crippen LogP contribution in [0.4, 0.5) is 10.5 Å². The molecule has 1 aromatic carbocycles. The van der Waals surface area contributed by atoms with Gasteiger partial charge in [-0.3, -0.25) is 0 Å². The van der Waals surface area contributed by atoms with E-state index in [-0.39, 0.29) is 23.3 Å². The van der Waals surface area contributed by atoms with Gasteiger partial charge in [0.2, 0.25) is 5.88 Å². The van der Waals surface area contributed by atoms with E-state index in [4.69, 9.17) is 14.6 Å². The summed E-state index contributed by atoms with van der Waals surface area (Å²) in [5.74, 6) is 0.371. The van der Waals surface area contributed by atoms with Crippen LogP contribution in [0.5, 0.6) is 5.88 Å². The molecule has 2 amide bonds. The summed E-state index contributed by atoms with van der Waals surface area (Å²) in [5.41, 5.74) is 5.48. The number of ether oxygens (including phenoxy) is 2. The largest absolute Gasteiger partial charge is 0.469 e. The SMILES string of the molecule is COC[C@H]1CCc2cc3c(c(NC(=O)N=S(N)(=O)c4cnn5c4O[C@@H](CO)C5)c21)CCC3. The number of nitrogens with one attached hydrogen (secondary N) is 1. The minimum Gasteiger partial charge on any atom is -0.469 e. The van der Waals surface area contributed by atoms with Crippen molar-refractivity contribution in [3.05, 3.63) is 34.5 Å². The number of aliphatic hydroxyl groups excluding tert-OH is 1. The Bertz CT molecular complexity index is 1200. The zero-order chi connectivity index (χ0) is 22.5. The summed E-state index contributed by atoms with van der Waals surface area (Å²) in [5, 5.41) is 22.3. The number of urea groups is 1. The predicted molar refractivity (Wildman–Crippen MR) is 117 cm³/mol. The number of rotatable bonds is 5. The van der Waals surface area contributed by atoms with Gasteiger partial charge in [-0.1, -0.05) is 6.07 Å². The first kappa shape index (κ1) is 21.4. The molecule has 3 atom stereocenters. The maximum Gasteiger partial charge on any atom is 0.354 e. The summed E-state index contributed by atoms with van der Waals surface area (Å²) in [7, 11) is -1.92. The zero-order valence-corrected chi connectivity index (χ0v) is 18.7. The van der Waals surface area contributed by atoms with Crippen LogP contribution in [0.15, 0.2) is 21.5 Å². The van der Waals surface area contributed by atoms with Crippen LogP contribution in [0, 0.1) is 0 Å². The number of benzene rings is 1. The first-order valence-electron chi connectivity index (χ1n) is 10.8. The molecule has 172 valence electrons. The topological polar surface area (TPSA) is 141 Å². The molecule has 0 saturated carbocycles. The van der Waals surface area contributed by atoms with Gasteiger partial charge in [0.25, 0.3) is 0 Å². The zero-order valence-electron chi connectivity index (χ0n) is 17.9. The van der Waals surface area contributed by atoms with Gasteiger partial charge in [0.1, 0.15) is 11.0 Å². The lowest BCUT2D eigenvalue weighted by Gasteiger charge is -2.19. The molecule has 0 fully saturated rings. The number of fused-ring (bicyclic) bond motifs is 3. The van der Waals surface area contributed by atoms with E-state index >= 15 is 0 Å². The molecule has 5 rings (SSSR count). The van der Waals surface area contributed by atoms with Crippen molar-refractivity contribution in [3.8, 4) is 5.88 Å². The Morgan fingerprint density at radius 3 is 3.06 bits per heavy atom. The van der Waals surface area contributed by atoms with Crippen LogP contribution in [0.1, 0.15) is 41.0 Å². The smallest absolute Gasteiger partial charge is 0.354 e. The van der Waals surface area contributed by atoms with Crippen LogP contribution < -0.4 is 15.2 Å². The summed E-state index contributed by atoms with van der Waals surface area (Å²) in [6, 6.07) is 1.50. The molecule has 0 bridgehead atoms. The third kappa shape index (κ3) is 3.58. The number of carbonyl (C=O) groups excluding carboxylic acids is 1. The molecule has 4 N–H and O–H groups in total. The second kappa shape index (κ2) is 8.14. The number of nitrogens with zero attached hydrogens (tertiary/aromatic N) is 3. The predicted octanol–water partition coefficient (Wildman–Crippen LogP) is 1.73. The minimum atomic E-state index is -3.60. The van der Waals surface area contributed by atoms with Gasteiger partial charge < -0.3 is 19.9 Å². The fourth-order valence-corrected chi connectivity index (χ4v) is 6.06. The van der Waals surface area contributed by atoms with Gasteiger partial charge in [-0.25, -0.2) is 18.8 Å². The van der Waals surface area contributed by atoms with Crippen molar-refractivity contribution < 1.29 is 23.6 Å². The lowest BCUT2D eigenvalue weighted by molar-refractivity contribution is 0.130. The van der Waals surface area contributed by atoms with Crippen molar-refractivity contribution in [1.29, 1.82) is 0 Å². The molecule has 1 aromatic heterocycles. The van der Waals surface area contributed by atoms with Gasteiger partial charge in [-0.15, -0.1) is 4.36 Å². The average Bonchev–Trinajstić information content (AvgIpc) is 3.50. The molecule has 0 spiro atoms. The third-order valence-corrected chi connectivity index (χ3v) is 7.80. The number of anilines is 1. The molecule has 3 aliphatic rings.